The average molecular weight is 160 g/mol. The molecular weight excluding hydrogens is 136 g/mol. The van der Waals surface area contributed by atoms with Crippen LogP contribution in [0.4, 0.5) is 0 Å². The van der Waals surface area contributed by atoms with Gasteiger partial charge in [0.1, 0.15) is 0 Å². The van der Waals surface area contributed by atoms with Gasteiger partial charge in [0.15, 0.2) is 0 Å². The lowest BCUT2D eigenvalue weighted by molar-refractivity contribution is 0.359. The van der Waals surface area contributed by atoms with Gasteiger partial charge < -0.3 is 0 Å². The van der Waals surface area contributed by atoms with E-state index in [1.165, 1.54) is 25.7 Å². The lowest BCUT2D eigenvalue weighted by Crippen LogP contribution is -2.03. The van der Waals surface area contributed by atoms with Crippen LogP contribution in [0.3, 0.4) is 0 Å². The molecule has 0 spiro atoms. The number of nitrogens with two attached hydrogens (primary N) is 2. The van der Waals surface area contributed by atoms with Gasteiger partial charge in [-0.25, -0.2) is 0 Å². The van der Waals surface area contributed by atoms with Gasteiger partial charge in [-0.15, -0.1) is 0 Å². The van der Waals surface area contributed by atoms with Crippen molar-refractivity contribution in [3.8, 4) is 0 Å². The van der Waals surface area contributed by atoms with Crippen LogP contribution in [-0.2, 0) is 0 Å². The molecule has 0 aromatic carbocycles. The highest BCUT2D eigenvalue weighted by atomic mass is 15.0. The van der Waals surface area contributed by atoms with E-state index in [2.05, 4.69) is 39.4 Å². The predicted molar refractivity (Wildman–Crippen MR) is 52.0 cm³/mol. The van der Waals surface area contributed by atoms with Gasteiger partial charge in [0.05, 0.1) is 0 Å². The molecule has 0 atom stereocenters. The molecule has 4 N–H and O–H groups in total. The van der Waals surface area contributed by atoms with Crippen LogP contribution in [-0.4, -0.2) is 0 Å². The average Bonchev–Trinajstić information content (AvgIpc) is 1.90. The first-order chi connectivity index (χ1) is 5.06. The third kappa shape index (κ3) is 17.8. The van der Waals surface area contributed by atoms with E-state index in [4.69, 9.17) is 0 Å². The van der Waals surface area contributed by atoms with Crippen LogP contribution in [0.15, 0.2) is 0 Å². The summed E-state index contributed by atoms with van der Waals surface area (Å²) in [4.78, 5) is 0. The summed E-state index contributed by atoms with van der Waals surface area (Å²) < 4.78 is 0. The Morgan fingerprint density at radius 2 is 1.45 bits per heavy atom. The molecule has 0 saturated carbocycles. The van der Waals surface area contributed by atoms with Crippen LogP contribution in [0.2, 0.25) is 0 Å². The highest BCUT2D eigenvalue weighted by Gasteiger charge is 2.07. The third-order valence-electron chi connectivity index (χ3n) is 1.53. The van der Waals surface area contributed by atoms with Crippen molar-refractivity contribution in [2.75, 3.05) is 0 Å². The molecule has 0 rings (SSSR count). The van der Waals surface area contributed by atoms with E-state index in [9.17, 15) is 0 Å². The smallest absolute Gasteiger partial charge is 0.0383 e. The van der Waals surface area contributed by atoms with E-state index >= 15 is 0 Å². The Morgan fingerprint density at radius 3 is 1.73 bits per heavy atom. The van der Waals surface area contributed by atoms with Gasteiger partial charge in [0, 0.05) is 0 Å². The Bertz CT molecular complexity index is 64.5. The monoisotopic (exact) mass is 160 g/mol. The molecule has 0 amide bonds. The zero-order chi connectivity index (χ0) is 9.33. The highest BCUT2D eigenvalue weighted by molar-refractivity contribution is 4.60. The number of hydrogen-bond acceptors (Lipinski definition) is 2. The number of hydrogen-bond donors (Lipinski definition) is 2. The van der Waals surface area contributed by atoms with Gasteiger partial charge in [0.2, 0.25) is 0 Å². The number of rotatable bonds is 3. The van der Waals surface area contributed by atoms with Gasteiger partial charge >= 0.3 is 0 Å². The van der Waals surface area contributed by atoms with E-state index < -0.39 is 0 Å². The summed E-state index contributed by atoms with van der Waals surface area (Å²) in [5.74, 6) is 8.00. The molecule has 0 bridgehead atoms. The molecule has 0 aliphatic heterocycles. The Kier molecular flexibility index (Phi) is 9.85. The van der Waals surface area contributed by atoms with Crippen molar-refractivity contribution in [2.24, 2.45) is 17.1 Å². The van der Waals surface area contributed by atoms with Gasteiger partial charge in [-0.2, -0.15) is 0 Å². The number of unbranched alkanes of at least 4 members (excludes halogenated alkanes) is 2. The minimum atomic E-state index is 0.551. The molecule has 0 aromatic rings. The van der Waals surface area contributed by atoms with Crippen LogP contribution < -0.4 is 11.7 Å². The van der Waals surface area contributed by atoms with Crippen LogP contribution in [0.1, 0.15) is 53.4 Å². The molecule has 0 saturated heterocycles. The standard InChI is InChI=1S/C9H20.H4N2/c1-5-6-7-8-9(2,3)4;1-2/h5-8H2,1-4H3;1-2H2. The minimum absolute atomic E-state index is 0.551. The molecule has 0 aliphatic rings. The third-order valence-corrected chi connectivity index (χ3v) is 1.53. The van der Waals surface area contributed by atoms with Gasteiger partial charge in [-0.1, -0.05) is 47.0 Å². The Morgan fingerprint density at radius 1 is 1.00 bits per heavy atom. The minimum Gasteiger partial charge on any atom is -0.274 e. The normalized spacial score (nSPS) is 10.4. The first-order valence-corrected chi connectivity index (χ1v) is 4.39. The molecule has 0 fully saturated rings. The summed E-state index contributed by atoms with van der Waals surface area (Å²) in [7, 11) is 0. The molecule has 70 valence electrons. The van der Waals surface area contributed by atoms with Crippen molar-refractivity contribution < 1.29 is 0 Å². The lowest BCUT2D eigenvalue weighted by atomic mass is 9.90. The SMILES string of the molecule is CCCCCC(C)(C)C.NN. The Hall–Kier alpha value is -0.0800. The van der Waals surface area contributed by atoms with Crippen LogP contribution in [0.25, 0.3) is 0 Å². The van der Waals surface area contributed by atoms with Crippen molar-refractivity contribution in [3.63, 3.8) is 0 Å². The lowest BCUT2D eigenvalue weighted by Gasteiger charge is -2.16. The summed E-state index contributed by atoms with van der Waals surface area (Å²) >= 11 is 0. The van der Waals surface area contributed by atoms with E-state index in [0.717, 1.165) is 0 Å². The molecule has 0 unspecified atom stereocenters. The fourth-order valence-corrected chi connectivity index (χ4v) is 0.905. The van der Waals surface area contributed by atoms with E-state index in [-0.39, 0.29) is 0 Å². The second kappa shape index (κ2) is 8.02. The summed E-state index contributed by atoms with van der Waals surface area (Å²) in [5, 5.41) is 0. The van der Waals surface area contributed by atoms with Crippen LogP contribution in [0.5, 0.6) is 0 Å². The summed E-state index contributed by atoms with van der Waals surface area (Å²) in [6, 6.07) is 0. The quantitative estimate of drug-likeness (QED) is 0.378. The maximum Gasteiger partial charge on any atom is -0.0383 e. The largest absolute Gasteiger partial charge is 0.274 e. The predicted octanol–water partition coefficient (Wildman–Crippen LogP) is 2.43. The van der Waals surface area contributed by atoms with E-state index in [1.54, 1.807) is 0 Å². The molecular formula is C9H24N2. The fraction of sp³-hybridized carbons (Fsp3) is 1.00. The van der Waals surface area contributed by atoms with Gasteiger partial charge in [0.25, 0.3) is 0 Å². The second-order valence-electron chi connectivity index (χ2n) is 4.02. The van der Waals surface area contributed by atoms with Crippen molar-refractivity contribution in [1.82, 2.24) is 0 Å². The van der Waals surface area contributed by atoms with Crippen molar-refractivity contribution in [1.29, 1.82) is 0 Å². The van der Waals surface area contributed by atoms with E-state index in [0.29, 0.717) is 5.41 Å². The summed E-state index contributed by atoms with van der Waals surface area (Å²) in [6.07, 6.45) is 5.52. The first kappa shape index (κ1) is 13.5. The number of hydrazine groups is 1. The molecule has 0 aliphatic carbocycles. The molecule has 0 heterocycles. The molecule has 2 nitrogen and oxygen atoms in total. The van der Waals surface area contributed by atoms with Crippen molar-refractivity contribution in [3.05, 3.63) is 0 Å². The highest BCUT2D eigenvalue weighted by Crippen LogP contribution is 2.21. The van der Waals surface area contributed by atoms with Crippen LogP contribution >= 0.6 is 0 Å². The molecule has 0 aromatic heterocycles. The zero-order valence-electron chi connectivity index (χ0n) is 8.48. The topological polar surface area (TPSA) is 52.0 Å². The Balaban J connectivity index is 0. The van der Waals surface area contributed by atoms with E-state index in [1.807, 2.05) is 0 Å². The molecule has 2 heteroatoms. The zero-order valence-corrected chi connectivity index (χ0v) is 8.48. The van der Waals surface area contributed by atoms with Gasteiger partial charge in [-0.3, -0.25) is 11.7 Å². The maximum atomic E-state index is 4.00. The van der Waals surface area contributed by atoms with Crippen molar-refractivity contribution in [2.45, 2.75) is 53.4 Å². The fourth-order valence-electron chi connectivity index (χ4n) is 0.905. The second-order valence-corrected chi connectivity index (χ2v) is 4.02. The van der Waals surface area contributed by atoms with Crippen molar-refractivity contribution >= 4 is 0 Å². The maximum absolute atomic E-state index is 4.00. The van der Waals surface area contributed by atoms with Crippen LogP contribution in [0, 0.1) is 5.41 Å². The summed E-state index contributed by atoms with van der Waals surface area (Å²) in [5.41, 5.74) is 0.551. The molecule has 11 heavy (non-hydrogen) atoms. The Labute approximate surface area is 71.3 Å². The molecule has 0 radical (unpaired) electrons. The first-order valence-electron chi connectivity index (χ1n) is 4.39. The van der Waals surface area contributed by atoms with Gasteiger partial charge in [-0.05, 0) is 11.8 Å². The summed E-state index contributed by atoms with van der Waals surface area (Å²) in [6.45, 7) is 9.18.